The number of carbonyl (C=O) groups is 3. The Labute approximate surface area is 309 Å². The number of anilines is 3. The summed E-state index contributed by atoms with van der Waals surface area (Å²) in [5.41, 5.74) is 9.50. The van der Waals surface area contributed by atoms with Crippen molar-refractivity contribution in [3.63, 3.8) is 0 Å². The summed E-state index contributed by atoms with van der Waals surface area (Å²) in [5, 5.41) is 8.99. The molecule has 3 rings (SSSR count). The number of nitrogens with zero attached hydrogens (tertiary/aromatic N) is 3. The molecule has 0 saturated carbocycles. The average Bonchev–Trinajstić information content (AvgIpc) is 3.10. The molecule has 0 radical (unpaired) electrons. The van der Waals surface area contributed by atoms with Gasteiger partial charge < -0.3 is 16.0 Å². The number of benzene rings is 3. The molecule has 3 aromatic carbocycles. The summed E-state index contributed by atoms with van der Waals surface area (Å²) >= 11 is 0. The van der Waals surface area contributed by atoms with Crippen molar-refractivity contribution < 1.29 is 14.4 Å². The van der Waals surface area contributed by atoms with Crippen molar-refractivity contribution in [1.29, 1.82) is 0 Å². The first-order valence-corrected chi connectivity index (χ1v) is 18.5. The SMILES string of the molecule is CCN(CC)CC(=O)Nc1c(C)cccc1C.CCN(CC)CC(=O)Nc1c(C)cccc1C.CCN(CC)CC(=O)Nc1c(C)cccc1C. The van der Waals surface area contributed by atoms with Crippen LogP contribution >= 0.6 is 0 Å². The monoisotopic (exact) mass is 703 g/mol. The first-order valence-electron chi connectivity index (χ1n) is 18.5. The van der Waals surface area contributed by atoms with Crippen LogP contribution in [0.3, 0.4) is 0 Å². The summed E-state index contributed by atoms with van der Waals surface area (Å²) in [5.74, 6) is 0.184. The Morgan fingerprint density at radius 2 is 0.569 bits per heavy atom. The summed E-state index contributed by atoms with van der Waals surface area (Å²) < 4.78 is 0. The van der Waals surface area contributed by atoms with E-state index in [2.05, 4.69) is 72.2 Å². The van der Waals surface area contributed by atoms with Gasteiger partial charge in [-0.1, -0.05) is 96.1 Å². The fourth-order valence-corrected chi connectivity index (χ4v) is 5.52. The Balaban J connectivity index is 0.000000382. The second kappa shape index (κ2) is 24.2. The lowest BCUT2D eigenvalue weighted by atomic mass is 10.1. The molecule has 0 fully saturated rings. The van der Waals surface area contributed by atoms with Gasteiger partial charge in [-0.25, -0.2) is 0 Å². The van der Waals surface area contributed by atoms with Crippen LogP contribution in [0.5, 0.6) is 0 Å². The molecule has 0 bridgehead atoms. The minimum atomic E-state index is 0.0612. The highest BCUT2D eigenvalue weighted by atomic mass is 16.2. The molecular formula is C42H66N6O3. The van der Waals surface area contributed by atoms with Gasteiger partial charge in [-0.3, -0.25) is 29.1 Å². The van der Waals surface area contributed by atoms with Gasteiger partial charge in [-0.05, 0) is 114 Å². The van der Waals surface area contributed by atoms with Crippen molar-refractivity contribution in [2.75, 3.05) is 74.9 Å². The Hall–Kier alpha value is -4.05. The standard InChI is InChI=1S/3C14H22N2O/c3*1-5-16(6-2)10-13(17)15-14-11(3)8-7-9-12(14)4/h3*7-9H,5-6,10H2,1-4H3,(H,15,17). The minimum absolute atomic E-state index is 0.0612. The second-order valence-corrected chi connectivity index (χ2v) is 12.8. The molecule has 0 aliphatic carbocycles. The Morgan fingerprint density at radius 3 is 0.725 bits per heavy atom. The van der Waals surface area contributed by atoms with E-state index in [1.807, 2.05) is 96.1 Å². The van der Waals surface area contributed by atoms with E-state index in [0.717, 1.165) is 89.7 Å². The van der Waals surface area contributed by atoms with Gasteiger partial charge in [0.25, 0.3) is 0 Å². The summed E-state index contributed by atoms with van der Waals surface area (Å²) in [7, 11) is 0. The van der Waals surface area contributed by atoms with Crippen LogP contribution in [0.15, 0.2) is 54.6 Å². The zero-order valence-electron chi connectivity index (χ0n) is 33.6. The molecule has 282 valence electrons. The van der Waals surface area contributed by atoms with Gasteiger partial charge in [0.05, 0.1) is 19.6 Å². The van der Waals surface area contributed by atoms with E-state index in [1.54, 1.807) is 0 Å². The molecule has 9 nitrogen and oxygen atoms in total. The molecular weight excluding hydrogens is 637 g/mol. The highest BCUT2D eigenvalue weighted by Crippen LogP contribution is 2.21. The molecule has 0 aromatic heterocycles. The van der Waals surface area contributed by atoms with Crippen LogP contribution in [-0.4, -0.2) is 91.3 Å². The van der Waals surface area contributed by atoms with Gasteiger partial charge in [0, 0.05) is 17.1 Å². The van der Waals surface area contributed by atoms with E-state index in [-0.39, 0.29) is 17.7 Å². The number of rotatable bonds is 15. The molecule has 3 amide bonds. The molecule has 0 heterocycles. The third kappa shape index (κ3) is 16.2. The predicted octanol–water partition coefficient (Wildman–Crippen LogP) is 7.75. The number of carbonyl (C=O) groups excluding carboxylic acids is 3. The van der Waals surface area contributed by atoms with Crippen LogP contribution < -0.4 is 16.0 Å². The fraction of sp³-hybridized carbons (Fsp3) is 0.500. The van der Waals surface area contributed by atoms with Gasteiger partial charge in [-0.15, -0.1) is 0 Å². The number of para-hydroxylation sites is 3. The molecule has 0 spiro atoms. The Bertz CT molecular complexity index is 1270. The third-order valence-electron chi connectivity index (χ3n) is 9.02. The molecule has 3 aromatic rings. The highest BCUT2D eigenvalue weighted by molar-refractivity contribution is 5.95. The molecule has 0 aliphatic rings. The van der Waals surface area contributed by atoms with Crippen molar-refractivity contribution in [3.05, 3.63) is 88.0 Å². The van der Waals surface area contributed by atoms with Gasteiger partial charge in [-0.2, -0.15) is 0 Å². The summed E-state index contributed by atoms with van der Waals surface area (Å²) in [4.78, 5) is 42.0. The summed E-state index contributed by atoms with van der Waals surface area (Å²) in [6.45, 7) is 31.2. The normalized spacial score (nSPS) is 10.6. The summed E-state index contributed by atoms with van der Waals surface area (Å²) in [6.07, 6.45) is 0. The maximum absolute atomic E-state index is 11.9. The van der Waals surface area contributed by atoms with E-state index >= 15 is 0 Å². The lowest BCUT2D eigenvalue weighted by Gasteiger charge is -2.18. The number of nitrogens with one attached hydrogen (secondary N) is 3. The van der Waals surface area contributed by atoms with E-state index < -0.39 is 0 Å². The van der Waals surface area contributed by atoms with Crippen LogP contribution in [0.1, 0.15) is 74.9 Å². The average molecular weight is 703 g/mol. The van der Waals surface area contributed by atoms with Crippen molar-refractivity contribution in [3.8, 4) is 0 Å². The topological polar surface area (TPSA) is 97.0 Å². The molecule has 51 heavy (non-hydrogen) atoms. The molecule has 3 N–H and O–H groups in total. The van der Waals surface area contributed by atoms with Crippen LogP contribution in [0.25, 0.3) is 0 Å². The van der Waals surface area contributed by atoms with Crippen LogP contribution in [0, 0.1) is 41.5 Å². The number of hydrogen-bond acceptors (Lipinski definition) is 6. The van der Waals surface area contributed by atoms with E-state index in [4.69, 9.17) is 0 Å². The maximum atomic E-state index is 11.9. The van der Waals surface area contributed by atoms with Gasteiger partial charge >= 0.3 is 0 Å². The lowest BCUT2D eigenvalue weighted by molar-refractivity contribution is -0.118. The van der Waals surface area contributed by atoms with Crippen molar-refractivity contribution >= 4 is 34.8 Å². The molecule has 0 saturated heterocycles. The van der Waals surface area contributed by atoms with Gasteiger partial charge in [0.1, 0.15) is 0 Å². The van der Waals surface area contributed by atoms with Crippen molar-refractivity contribution in [2.45, 2.75) is 83.1 Å². The number of aryl methyl sites for hydroxylation is 6. The van der Waals surface area contributed by atoms with Crippen LogP contribution in [-0.2, 0) is 14.4 Å². The largest absolute Gasteiger partial charge is 0.324 e. The van der Waals surface area contributed by atoms with Crippen molar-refractivity contribution in [2.24, 2.45) is 0 Å². The lowest BCUT2D eigenvalue weighted by Crippen LogP contribution is -2.33. The van der Waals surface area contributed by atoms with Crippen LogP contribution in [0.4, 0.5) is 17.1 Å². The first-order chi connectivity index (χ1) is 24.2. The van der Waals surface area contributed by atoms with Crippen molar-refractivity contribution in [1.82, 2.24) is 14.7 Å². The molecule has 9 heteroatoms. The van der Waals surface area contributed by atoms with Gasteiger partial charge in [0.2, 0.25) is 17.7 Å². The molecule has 0 aliphatic heterocycles. The first kappa shape index (κ1) is 45.0. The third-order valence-corrected chi connectivity index (χ3v) is 9.02. The number of amides is 3. The summed E-state index contributed by atoms with van der Waals surface area (Å²) in [6, 6.07) is 18.1. The van der Waals surface area contributed by atoms with Crippen LogP contribution in [0.2, 0.25) is 0 Å². The minimum Gasteiger partial charge on any atom is -0.324 e. The Kier molecular flexibility index (Phi) is 21.3. The zero-order chi connectivity index (χ0) is 38.5. The Morgan fingerprint density at radius 1 is 0.392 bits per heavy atom. The molecule has 0 unspecified atom stereocenters. The maximum Gasteiger partial charge on any atom is 0.238 e. The number of likely N-dealkylation sites (N-methyl/N-ethyl adjacent to an activating group) is 3. The highest BCUT2D eigenvalue weighted by Gasteiger charge is 2.12. The van der Waals surface area contributed by atoms with E-state index in [0.29, 0.717) is 19.6 Å². The smallest absolute Gasteiger partial charge is 0.238 e. The van der Waals surface area contributed by atoms with E-state index in [1.165, 1.54) is 0 Å². The predicted molar refractivity (Wildman–Crippen MR) is 217 cm³/mol. The second-order valence-electron chi connectivity index (χ2n) is 12.8. The van der Waals surface area contributed by atoms with Gasteiger partial charge in [0.15, 0.2) is 0 Å². The van der Waals surface area contributed by atoms with E-state index in [9.17, 15) is 14.4 Å². The molecule has 0 atom stereocenters. The number of hydrogen-bond donors (Lipinski definition) is 3. The fourth-order valence-electron chi connectivity index (χ4n) is 5.52. The zero-order valence-corrected chi connectivity index (χ0v) is 33.6. The quantitative estimate of drug-likeness (QED) is 0.150.